The van der Waals surface area contributed by atoms with Crippen molar-refractivity contribution in [3.05, 3.63) is 36.3 Å². The third kappa shape index (κ3) is 1.49. The van der Waals surface area contributed by atoms with Crippen LogP contribution >= 0.6 is 0 Å². The van der Waals surface area contributed by atoms with Gasteiger partial charge in [-0.15, -0.1) is 0 Å². The average molecular weight is 193 g/mol. The van der Waals surface area contributed by atoms with E-state index < -0.39 is 5.97 Å². The van der Waals surface area contributed by atoms with E-state index in [1.807, 2.05) is 0 Å². The quantitative estimate of drug-likeness (QED) is 0.772. The number of furan rings is 1. The van der Waals surface area contributed by atoms with Crippen molar-refractivity contribution in [2.75, 3.05) is 0 Å². The second-order valence-electron chi connectivity index (χ2n) is 2.67. The fourth-order valence-corrected chi connectivity index (χ4v) is 1.14. The summed E-state index contributed by atoms with van der Waals surface area (Å²) in [4.78, 5) is 14.4. The van der Waals surface area contributed by atoms with Gasteiger partial charge in [-0.25, -0.2) is 14.5 Å². The van der Waals surface area contributed by atoms with Crippen LogP contribution in [0.2, 0.25) is 0 Å². The van der Waals surface area contributed by atoms with E-state index in [4.69, 9.17) is 9.52 Å². The minimum atomic E-state index is -1.08. The maximum atomic E-state index is 10.7. The summed E-state index contributed by atoms with van der Waals surface area (Å²) < 4.78 is 6.34. The third-order valence-corrected chi connectivity index (χ3v) is 1.74. The number of hydrogen-bond donors (Lipinski definition) is 1. The zero-order chi connectivity index (χ0) is 9.97. The van der Waals surface area contributed by atoms with Crippen LogP contribution in [0.1, 0.15) is 16.1 Å². The van der Waals surface area contributed by atoms with Gasteiger partial charge in [-0.3, -0.25) is 0 Å². The summed E-state index contributed by atoms with van der Waals surface area (Å²) in [5.41, 5.74) is 0.572. The summed E-state index contributed by atoms with van der Waals surface area (Å²) >= 11 is 0. The van der Waals surface area contributed by atoms with Gasteiger partial charge in [-0.1, -0.05) is 0 Å². The molecule has 0 aromatic carbocycles. The van der Waals surface area contributed by atoms with Crippen molar-refractivity contribution >= 4 is 5.97 Å². The normalized spacial score (nSPS) is 10.3. The van der Waals surface area contributed by atoms with E-state index in [1.165, 1.54) is 23.6 Å². The zero-order valence-corrected chi connectivity index (χ0v) is 7.12. The smallest absolute Gasteiger partial charge is 0.372 e. The van der Waals surface area contributed by atoms with E-state index in [0.29, 0.717) is 12.1 Å². The van der Waals surface area contributed by atoms with Gasteiger partial charge in [0, 0.05) is 5.56 Å². The molecule has 1 N–H and O–H groups in total. The van der Waals surface area contributed by atoms with Gasteiger partial charge >= 0.3 is 5.97 Å². The molecule has 6 nitrogen and oxygen atoms in total. The van der Waals surface area contributed by atoms with Crippen molar-refractivity contribution in [1.82, 2.24) is 14.8 Å². The first-order valence-electron chi connectivity index (χ1n) is 3.89. The lowest BCUT2D eigenvalue weighted by Gasteiger charge is -1.97. The van der Waals surface area contributed by atoms with Crippen molar-refractivity contribution in [2.24, 2.45) is 0 Å². The van der Waals surface area contributed by atoms with Crippen molar-refractivity contribution in [1.29, 1.82) is 0 Å². The molecule has 72 valence electrons. The number of carboxylic acid groups (broad SMARTS) is 1. The van der Waals surface area contributed by atoms with Gasteiger partial charge < -0.3 is 9.52 Å². The number of carboxylic acids is 1. The first kappa shape index (κ1) is 8.49. The monoisotopic (exact) mass is 193 g/mol. The number of aromatic nitrogens is 3. The minimum absolute atomic E-state index is 0.0551. The van der Waals surface area contributed by atoms with Crippen molar-refractivity contribution < 1.29 is 14.3 Å². The molecule has 0 fully saturated rings. The Balaban J connectivity index is 2.25. The number of carbonyl (C=O) groups is 1. The van der Waals surface area contributed by atoms with Crippen LogP contribution in [0, 0.1) is 0 Å². The van der Waals surface area contributed by atoms with Crippen LogP contribution in [0.3, 0.4) is 0 Å². The van der Waals surface area contributed by atoms with Crippen LogP contribution in [0.15, 0.2) is 29.4 Å². The van der Waals surface area contributed by atoms with Gasteiger partial charge in [0.1, 0.15) is 12.7 Å². The Morgan fingerprint density at radius 1 is 1.64 bits per heavy atom. The topological polar surface area (TPSA) is 81.1 Å². The van der Waals surface area contributed by atoms with Crippen LogP contribution in [-0.4, -0.2) is 25.8 Å². The van der Waals surface area contributed by atoms with Gasteiger partial charge in [0.05, 0.1) is 12.8 Å². The first-order valence-corrected chi connectivity index (χ1v) is 3.89. The second kappa shape index (κ2) is 3.33. The van der Waals surface area contributed by atoms with Crippen LogP contribution < -0.4 is 0 Å². The summed E-state index contributed by atoms with van der Waals surface area (Å²) in [6.45, 7) is 0.345. The molecule has 0 unspecified atom stereocenters. The predicted molar refractivity (Wildman–Crippen MR) is 44.8 cm³/mol. The summed E-state index contributed by atoms with van der Waals surface area (Å²) in [7, 11) is 0. The van der Waals surface area contributed by atoms with Gasteiger partial charge in [0.25, 0.3) is 0 Å². The average Bonchev–Trinajstić information content (AvgIpc) is 2.75. The van der Waals surface area contributed by atoms with Crippen LogP contribution in [0.25, 0.3) is 0 Å². The Morgan fingerprint density at radius 3 is 3.14 bits per heavy atom. The highest BCUT2D eigenvalue weighted by molar-refractivity contribution is 5.86. The van der Waals surface area contributed by atoms with Gasteiger partial charge in [-0.05, 0) is 6.07 Å². The number of rotatable bonds is 3. The Hall–Kier alpha value is -2.11. The Morgan fingerprint density at radius 2 is 2.50 bits per heavy atom. The Bertz CT molecular complexity index is 432. The highest BCUT2D eigenvalue weighted by atomic mass is 16.4. The van der Waals surface area contributed by atoms with Gasteiger partial charge in [0.2, 0.25) is 5.76 Å². The van der Waals surface area contributed by atoms with Crippen LogP contribution in [-0.2, 0) is 6.54 Å². The standard InChI is InChI=1S/C8H7N3O3/c12-8(13)7-6(1-2-14-7)3-11-5-9-4-10-11/h1-2,4-5H,3H2,(H,12,13). The van der Waals surface area contributed by atoms with E-state index >= 15 is 0 Å². The van der Waals surface area contributed by atoms with Crippen molar-refractivity contribution in [2.45, 2.75) is 6.54 Å². The maximum absolute atomic E-state index is 10.7. The molecule has 0 saturated heterocycles. The van der Waals surface area contributed by atoms with E-state index in [0.717, 1.165) is 0 Å². The molecule has 0 aliphatic carbocycles. The lowest BCUT2D eigenvalue weighted by molar-refractivity contribution is 0.0660. The van der Waals surface area contributed by atoms with Crippen molar-refractivity contribution in [3.63, 3.8) is 0 Å². The van der Waals surface area contributed by atoms with Gasteiger partial charge in [-0.2, -0.15) is 5.10 Å². The molecule has 0 radical (unpaired) electrons. The zero-order valence-electron chi connectivity index (χ0n) is 7.12. The molecule has 2 heterocycles. The van der Waals surface area contributed by atoms with E-state index in [2.05, 4.69) is 10.1 Å². The van der Waals surface area contributed by atoms with E-state index in [1.54, 1.807) is 6.07 Å². The Kier molecular flexibility index (Phi) is 2.02. The molecular weight excluding hydrogens is 186 g/mol. The lowest BCUT2D eigenvalue weighted by atomic mass is 10.2. The second-order valence-corrected chi connectivity index (χ2v) is 2.67. The third-order valence-electron chi connectivity index (χ3n) is 1.74. The van der Waals surface area contributed by atoms with Gasteiger partial charge in [0.15, 0.2) is 0 Å². The molecule has 0 amide bonds. The molecule has 0 atom stereocenters. The Labute approximate surface area is 78.8 Å². The molecular formula is C8H7N3O3. The number of nitrogens with zero attached hydrogens (tertiary/aromatic N) is 3. The molecule has 6 heteroatoms. The predicted octanol–water partition coefficient (Wildman–Crippen LogP) is 0.618. The maximum Gasteiger partial charge on any atom is 0.372 e. The molecule has 0 aliphatic rings. The lowest BCUT2D eigenvalue weighted by Crippen LogP contribution is -2.04. The summed E-state index contributed by atoms with van der Waals surface area (Å²) in [6.07, 6.45) is 4.24. The molecule has 0 aliphatic heterocycles. The summed E-state index contributed by atoms with van der Waals surface area (Å²) in [5, 5.41) is 12.6. The molecule has 14 heavy (non-hydrogen) atoms. The highest BCUT2D eigenvalue weighted by Gasteiger charge is 2.13. The molecule has 2 aromatic heterocycles. The molecule has 0 saturated carbocycles. The first-order chi connectivity index (χ1) is 6.77. The molecule has 2 rings (SSSR count). The fraction of sp³-hybridized carbons (Fsp3) is 0.125. The summed E-state index contributed by atoms with van der Waals surface area (Å²) in [6, 6.07) is 1.60. The molecule has 0 spiro atoms. The van der Waals surface area contributed by atoms with E-state index in [9.17, 15) is 4.79 Å². The fourth-order valence-electron chi connectivity index (χ4n) is 1.14. The minimum Gasteiger partial charge on any atom is -0.475 e. The molecule has 2 aromatic rings. The van der Waals surface area contributed by atoms with Crippen LogP contribution in [0.5, 0.6) is 0 Å². The summed E-state index contributed by atoms with van der Waals surface area (Å²) in [5.74, 6) is -1.13. The van der Waals surface area contributed by atoms with Crippen molar-refractivity contribution in [3.8, 4) is 0 Å². The van der Waals surface area contributed by atoms with Crippen LogP contribution in [0.4, 0.5) is 0 Å². The largest absolute Gasteiger partial charge is 0.475 e. The molecule has 0 bridgehead atoms. The number of aromatic carboxylic acids is 1. The van der Waals surface area contributed by atoms with E-state index in [-0.39, 0.29) is 5.76 Å². The number of hydrogen-bond acceptors (Lipinski definition) is 4. The SMILES string of the molecule is O=C(O)c1occc1Cn1cncn1. The highest BCUT2D eigenvalue weighted by Crippen LogP contribution is 2.11.